The molecule has 1 N–H and O–H groups in total. The highest BCUT2D eigenvalue weighted by atomic mass is 32.2. The number of aryl methyl sites for hydroxylation is 1. The van der Waals surface area contributed by atoms with Crippen LogP contribution in [0.4, 0.5) is 11.4 Å². The Morgan fingerprint density at radius 3 is 2.31 bits per heavy atom. The lowest BCUT2D eigenvalue weighted by Crippen LogP contribution is -2.37. The minimum absolute atomic E-state index is 0.0146. The van der Waals surface area contributed by atoms with Crippen LogP contribution in [0.5, 0.6) is 0 Å². The summed E-state index contributed by atoms with van der Waals surface area (Å²) in [6, 6.07) is 15.9. The summed E-state index contributed by atoms with van der Waals surface area (Å²) in [6.07, 6.45) is 1.94. The lowest BCUT2D eigenvalue weighted by molar-refractivity contribution is 0.574. The van der Waals surface area contributed by atoms with Crippen molar-refractivity contribution in [3.8, 4) is 0 Å². The third kappa shape index (κ3) is 4.76. The third-order valence-electron chi connectivity index (χ3n) is 4.28. The normalized spacial score (nSPS) is 17.0. The van der Waals surface area contributed by atoms with Crippen LogP contribution in [0.3, 0.4) is 0 Å². The van der Waals surface area contributed by atoms with Gasteiger partial charge in [-0.15, -0.1) is 0 Å². The van der Waals surface area contributed by atoms with Gasteiger partial charge in [0.1, 0.15) is 0 Å². The summed E-state index contributed by atoms with van der Waals surface area (Å²) < 4.78 is 52.7. The quantitative estimate of drug-likeness (QED) is 0.816. The molecule has 1 aliphatic heterocycles. The highest BCUT2D eigenvalue weighted by molar-refractivity contribution is 7.93. The van der Waals surface area contributed by atoms with Crippen molar-refractivity contribution in [2.24, 2.45) is 0 Å². The van der Waals surface area contributed by atoms with Crippen LogP contribution in [-0.4, -0.2) is 34.9 Å². The van der Waals surface area contributed by atoms with Crippen molar-refractivity contribution in [1.82, 2.24) is 0 Å². The van der Waals surface area contributed by atoms with Gasteiger partial charge in [-0.2, -0.15) is 0 Å². The van der Waals surface area contributed by atoms with E-state index in [1.807, 2.05) is 30.3 Å². The Hall–Kier alpha value is -2.06. The second kappa shape index (κ2) is 7.67. The molecule has 140 valence electrons. The molecule has 8 heteroatoms. The largest absolute Gasteiger partial charge is 0.284 e. The molecular formula is C18H22N2O4S2. The van der Waals surface area contributed by atoms with Crippen molar-refractivity contribution in [2.45, 2.75) is 19.3 Å². The smallest absolute Gasteiger partial charge is 0.235 e. The number of nitrogens with one attached hydrogen (secondary N) is 1. The average Bonchev–Trinajstić information content (AvgIpc) is 2.61. The van der Waals surface area contributed by atoms with Gasteiger partial charge in [0, 0.05) is 12.2 Å². The molecule has 1 heterocycles. The number of nitrogens with zero attached hydrogens (tertiary/aromatic N) is 1. The Bertz CT molecular complexity index is 940. The van der Waals surface area contributed by atoms with Crippen LogP contribution >= 0.6 is 0 Å². The molecule has 6 nitrogen and oxygen atoms in total. The van der Waals surface area contributed by atoms with E-state index >= 15 is 0 Å². The van der Waals surface area contributed by atoms with Gasteiger partial charge in [0.15, 0.2) is 0 Å². The molecule has 2 aromatic carbocycles. The Balaban J connectivity index is 1.65. The number of sulfonamides is 2. The molecule has 2 aromatic rings. The first-order valence-corrected chi connectivity index (χ1v) is 11.8. The third-order valence-corrected chi connectivity index (χ3v) is 7.44. The lowest BCUT2D eigenvalue weighted by Gasteiger charge is -2.28. The molecule has 0 radical (unpaired) electrons. The minimum Gasteiger partial charge on any atom is -0.284 e. The molecule has 0 aromatic heterocycles. The lowest BCUT2D eigenvalue weighted by atomic mass is 10.2. The van der Waals surface area contributed by atoms with Crippen molar-refractivity contribution >= 4 is 31.4 Å². The maximum Gasteiger partial charge on any atom is 0.235 e. The Morgan fingerprint density at radius 1 is 0.962 bits per heavy atom. The van der Waals surface area contributed by atoms with Gasteiger partial charge < -0.3 is 0 Å². The monoisotopic (exact) mass is 394 g/mol. The highest BCUT2D eigenvalue weighted by Crippen LogP contribution is 2.25. The number of anilines is 2. The van der Waals surface area contributed by atoms with Crippen molar-refractivity contribution in [1.29, 1.82) is 0 Å². The Kier molecular flexibility index (Phi) is 5.52. The second-order valence-corrected chi connectivity index (χ2v) is 10.2. The number of rotatable bonds is 6. The second-order valence-electron chi connectivity index (χ2n) is 6.30. The summed E-state index contributed by atoms with van der Waals surface area (Å²) in [5.41, 5.74) is 1.96. The zero-order valence-electron chi connectivity index (χ0n) is 14.3. The molecule has 0 aliphatic carbocycles. The molecule has 3 rings (SSSR count). The summed E-state index contributed by atoms with van der Waals surface area (Å²) in [6.45, 7) is 0.463. The zero-order valence-corrected chi connectivity index (χ0v) is 16.0. The van der Waals surface area contributed by atoms with Crippen LogP contribution in [0.15, 0.2) is 54.6 Å². The fraction of sp³-hybridized carbons (Fsp3) is 0.333. The van der Waals surface area contributed by atoms with Crippen molar-refractivity contribution in [3.63, 3.8) is 0 Å². The molecular weight excluding hydrogens is 372 g/mol. The van der Waals surface area contributed by atoms with E-state index in [4.69, 9.17) is 0 Å². The van der Waals surface area contributed by atoms with E-state index in [1.54, 1.807) is 24.3 Å². The number of hydrogen-bond donors (Lipinski definition) is 1. The maximum atomic E-state index is 12.2. The SMILES string of the molecule is O=S(=O)(CCc1ccccc1)Nc1ccc(N2CCCCS2(=O)=O)cc1. The van der Waals surface area contributed by atoms with E-state index in [9.17, 15) is 16.8 Å². The summed E-state index contributed by atoms with van der Waals surface area (Å²) in [7, 11) is -6.74. The van der Waals surface area contributed by atoms with Crippen molar-refractivity contribution in [2.75, 3.05) is 27.1 Å². The van der Waals surface area contributed by atoms with Gasteiger partial charge in [0.25, 0.3) is 0 Å². The van der Waals surface area contributed by atoms with Gasteiger partial charge in [-0.1, -0.05) is 30.3 Å². The molecule has 0 amide bonds. The van der Waals surface area contributed by atoms with Gasteiger partial charge in [-0.05, 0) is 49.1 Å². The van der Waals surface area contributed by atoms with Crippen LogP contribution in [0, 0.1) is 0 Å². The summed E-state index contributed by atoms with van der Waals surface area (Å²) >= 11 is 0. The number of hydrogen-bond acceptors (Lipinski definition) is 4. The summed E-state index contributed by atoms with van der Waals surface area (Å²) in [4.78, 5) is 0. The number of benzene rings is 2. The predicted octanol–water partition coefficient (Wildman–Crippen LogP) is 2.60. The zero-order chi connectivity index (χ0) is 18.6. The molecule has 1 saturated heterocycles. The van der Waals surface area contributed by atoms with Gasteiger partial charge in [-0.3, -0.25) is 9.03 Å². The standard InChI is InChI=1S/C18H22N2O4S2/c21-25(22,15-12-16-6-2-1-3-7-16)19-17-8-10-18(11-9-17)20-13-4-5-14-26(20,23)24/h1-3,6-11,19H,4-5,12-15H2. The van der Waals surface area contributed by atoms with Crippen LogP contribution < -0.4 is 9.03 Å². The van der Waals surface area contributed by atoms with Crippen molar-refractivity contribution < 1.29 is 16.8 Å². The fourth-order valence-corrected chi connectivity index (χ4v) is 5.64. The molecule has 1 aliphatic rings. The fourth-order valence-electron chi connectivity index (χ4n) is 2.90. The van der Waals surface area contributed by atoms with E-state index in [0.29, 0.717) is 30.8 Å². The molecule has 0 saturated carbocycles. The average molecular weight is 395 g/mol. The summed E-state index contributed by atoms with van der Waals surface area (Å²) in [5, 5.41) is 0. The first-order valence-electron chi connectivity index (χ1n) is 8.51. The van der Waals surface area contributed by atoms with Crippen LogP contribution in [-0.2, 0) is 26.5 Å². The first-order chi connectivity index (χ1) is 12.4. The minimum atomic E-state index is -3.48. The molecule has 26 heavy (non-hydrogen) atoms. The van der Waals surface area contributed by atoms with Gasteiger partial charge in [0.05, 0.1) is 17.2 Å². The van der Waals surface area contributed by atoms with E-state index < -0.39 is 20.0 Å². The Labute approximate surface area is 155 Å². The molecule has 0 bridgehead atoms. The highest BCUT2D eigenvalue weighted by Gasteiger charge is 2.25. The molecule has 0 unspecified atom stereocenters. The molecule has 0 spiro atoms. The van der Waals surface area contributed by atoms with Gasteiger partial charge >= 0.3 is 0 Å². The molecule has 1 fully saturated rings. The Morgan fingerprint density at radius 2 is 1.65 bits per heavy atom. The van der Waals surface area contributed by atoms with E-state index in [-0.39, 0.29) is 11.5 Å². The molecule has 0 atom stereocenters. The first kappa shape index (κ1) is 18.7. The van der Waals surface area contributed by atoms with Gasteiger partial charge in [-0.25, -0.2) is 16.8 Å². The van der Waals surface area contributed by atoms with E-state index in [1.165, 1.54) is 4.31 Å². The van der Waals surface area contributed by atoms with Gasteiger partial charge in [0.2, 0.25) is 20.0 Å². The predicted molar refractivity (Wildman–Crippen MR) is 104 cm³/mol. The van der Waals surface area contributed by atoms with E-state index in [2.05, 4.69) is 4.72 Å². The summed E-state index contributed by atoms with van der Waals surface area (Å²) in [5.74, 6) is 0.139. The van der Waals surface area contributed by atoms with Crippen molar-refractivity contribution in [3.05, 3.63) is 60.2 Å². The topological polar surface area (TPSA) is 83.6 Å². The van der Waals surface area contributed by atoms with Crippen LogP contribution in [0.1, 0.15) is 18.4 Å². The van der Waals surface area contributed by atoms with Crippen LogP contribution in [0.2, 0.25) is 0 Å². The van der Waals surface area contributed by atoms with E-state index in [0.717, 1.165) is 12.0 Å². The maximum absolute atomic E-state index is 12.2. The van der Waals surface area contributed by atoms with Crippen LogP contribution in [0.25, 0.3) is 0 Å².